The molecule has 38 heavy (non-hydrogen) atoms. The van der Waals surface area contributed by atoms with Gasteiger partial charge < -0.3 is 29.4 Å². The molecule has 202 valence electrons. The number of rotatable bonds is 4. The molecule has 0 aliphatic carbocycles. The molecule has 0 radical (unpaired) electrons. The van der Waals surface area contributed by atoms with Crippen molar-refractivity contribution in [2.45, 2.75) is 31.5 Å². The number of nitrogens with zero attached hydrogens (tertiary/aromatic N) is 5. The summed E-state index contributed by atoms with van der Waals surface area (Å²) in [5, 5.41) is 10.5. The largest absolute Gasteiger partial charge is 0.507 e. The van der Waals surface area contributed by atoms with Crippen molar-refractivity contribution < 1.29 is 23.8 Å². The number of phenolic OH excluding ortho intramolecular Hbond substituents is 1. The van der Waals surface area contributed by atoms with Crippen LogP contribution in [0.1, 0.15) is 23.7 Å². The molecule has 2 amide bonds. The number of benzene rings is 1. The van der Waals surface area contributed by atoms with Gasteiger partial charge in [0.2, 0.25) is 5.91 Å². The van der Waals surface area contributed by atoms with Crippen molar-refractivity contribution in [1.29, 1.82) is 0 Å². The number of aromatic hydroxyl groups is 1. The van der Waals surface area contributed by atoms with E-state index in [2.05, 4.69) is 18.4 Å². The summed E-state index contributed by atoms with van der Waals surface area (Å²) in [6.07, 6.45) is 2.10. The molecular formula is C27H31ClFN5O4. The first-order chi connectivity index (χ1) is 18.1. The van der Waals surface area contributed by atoms with Crippen LogP contribution in [0.4, 0.5) is 10.2 Å². The van der Waals surface area contributed by atoms with Crippen molar-refractivity contribution in [2.24, 2.45) is 0 Å². The molecule has 2 fully saturated rings. The molecule has 5 rings (SSSR count). The van der Waals surface area contributed by atoms with Gasteiger partial charge in [0.25, 0.3) is 5.91 Å². The second-order valence-corrected chi connectivity index (χ2v) is 10.6. The predicted molar refractivity (Wildman–Crippen MR) is 142 cm³/mol. The van der Waals surface area contributed by atoms with Crippen molar-refractivity contribution in [1.82, 2.24) is 19.7 Å². The molecule has 3 aliphatic heterocycles. The number of carbonyl (C=O) groups excluding carboxylic acids is 2. The zero-order valence-corrected chi connectivity index (χ0v) is 22.4. The minimum atomic E-state index is -0.693. The van der Waals surface area contributed by atoms with E-state index >= 15 is 4.39 Å². The maximum absolute atomic E-state index is 15.0. The number of likely N-dealkylation sites (N-methyl/N-ethyl adjacent to an activating group) is 1. The normalized spacial score (nSPS) is 23.2. The third-order valence-electron chi connectivity index (χ3n) is 7.72. The summed E-state index contributed by atoms with van der Waals surface area (Å²) in [7, 11) is 4.00. The number of piperazine rings is 1. The lowest BCUT2D eigenvalue weighted by atomic mass is 10.0. The Morgan fingerprint density at radius 1 is 1.26 bits per heavy atom. The minimum Gasteiger partial charge on any atom is -0.507 e. The van der Waals surface area contributed by atoms with Crippen LogP contribution in [0.2, 0.25) is 5.02 Å². The lowest BCUT2D eigenvalue weighted by Gasteiger charge is -2.39. The highest BCUT2D eigenvalue weighted by atomic mass is 35.5. The van der Waals surface area contributed by atoms with Gasteiger partial charge in [-0.05, 0) is 45.6 Å². The van der Waals surface area contributed by atoms with Crippen LogP contribution in [0, 0.1) is 5.82 Å². The number of pyridine rings is 1. The number of aromatic nitrogens is 1. The maximum atomic E-state index is 15.0. The van der Waals surface area contributed by atoms with Crippen molar-refractivity contribution in [3.63, 3.8) is 0 Å². The van der Waals surface area contributed by atoms with E-state index < -0.39 is 11.9 Å². The number of fused-ring (bicyclic) bond motifs is 2. The molecule has 1 aromatic heterocycles. The average Bonchev–Trinajstić information content (AvgIpc) is 3.22. The van der Waals surface area contributed by atoms with Gasteiger partial charge in [0, 0.05) is 38.3 Å². The molecule has 0 spiro atoms. The van der Waals surface area contributed by atoms with Gasteiger partial charge >= 0.3 is 0 Å². The van der Waals surface area contributed by atoms with E-state index in [0.717, 1.165) is 6.42 Å². The van der Waals surface area contributed by atoms with Crippen molar-refractivity contribution in [3.8, 4) is 22.8 Å². The number of halogens is 2. The Bertz CT molecular complexity index is 1280. The standard InChI is InChI=1S/C27H31ClFN5O4/c1-5-20(36)32-9-10-33-17(12-32)14-38-25-22(27(33)37)26(34-13-16(31(3)4)11-15(34)2)30-24(23(25)28)21-18(29)7-6-8-19(21)35/h5-8,15-17,35H,1,9-14H2,2-4H3/t15-,16-,17+/m0/s1. The van der Waals surface area contributed by atoms with Gasteiger partial charge in [-0.1, -0.05) is 24.2 Å². The van der Waals surface area contributed by atoms with Crippen LogP contribution < -0.4 is 9.64 Å². The first kappa shape index (κ1) is 26.2. The Hall–Kier alpha value is -3.37. The number of phenols is 1. The fourth-order valence-electron chi connectivity index (χ4n) is 5.57. The fourth-order valence-corrected chi connectivity index (χ4v) is 5.85. The molecule has 0 saturated carbocycles. The van der Waals surface area contributed by atoms with E-state index in [4.69, 9.17) is 21.3 Å². The van der Waals surface area contributed by atoms with E-state index in [9.17, 15) is 14.7 Å². The molecule has 0 unspecified atom stereocenters. The Labute approximate surface area is 226 Å². The number of ether oxygens (including phenoxy) is 1. The van der Waals surface area contributed by atoms with Gasteiger partial charge in [0.1, 0.15) is 40.3 Å². The predicted octanol–water partition coefficient (Wildman–Crippen LogP) is 3.01. The van der Waals surface area contributed by atoms with Gasteiger partial charge in [-0.3, -0.25) is 9.59 Å². The highest BCUT2D eigenvalue weighted by Crippen LogP contribution is 2.47. The van der Waals surface area contributed by atoms with E-state index in [1.165, 1.54) is 24.3 Å². The van der Waals surface area contributed by atoms with Crippen LogP contribution in [0.5, 0.6) is 11.5 Å². The molecule has 2 saturated heterocycles. The molecule has 1 N–H and O–H groups in total. The average molecular weight is 544 g/mol. The van der Waals surface area contributed by atoms with Gasteiger partial charge in [-0.2, -0.15) is 0 Å². The minimum absolute atomic E-state index is 0.00709. The van der Waals surface area contributed by atoms with Crippen LogP contribution >= 0.6 is 11.6 Å². The third kappa shape index (κ3) is 4.35. The monoisotopic (exact) mass is 543 g/mol. The highest BCUT2D eigenvalue weighted by Gasteiger charge is 2.42. The molecule has 3 aliphatic rings. The van der Waals surface area contributed by atoms with Crippen molar-refractivity contribution in [2.75, 3.05) is 51.8 Å². The van der Waals surface area contributed by atoms with Gasteiger partial charge in [-0.25, -0.2) is 9.37 Å². The number of hydrogen-bond donors (Lipinski definition) is 1. The SMILES string of the molecule is C=CC(=O)N1CCN2C(=O)c3c(N4C[C@@H](N(C)C)C[C@@H]4C)nc(-c4c(O)cccc4F)c(Cl)c3OC[C@H]2C1. The van der Waals surface area contributed by atoms with Gasteiger partial charge in [0.15, 0.2) is 5.75 Å². The van der Waals surface area contributed by atoms with Gasteiger partial charge in [0.05, 0.1) is 11.6 Å². The summed E-state index contributed by atoms with van der Waals surface area (Å²) in [4.78, 5) is 38.6. The topological polar surface area (TPSA) is 89.5 Å². The fraction of sp³-hybridized carbons (Fsp3) is 0.444. The molecule has 1 aromatic carbocycles. The van der Waals surface area contributed by atoms with Crippen LogP contribution in [0.25, 0.3) is 11.3 Å². The Morgan fingerprint density at radius 3 is 2.68 bits per heavy atom. The van der Waals surface area contributed by atoms with Crippen LogP contribution in [0.3, 0.4) is 0 Å². The Morgan fingerprint density at radius 2 is 2.03 bits per heavy atom. The quantitative estimate of drug-likeness (QED) is 0.593. The first-order valence-corrected chi connectivity index (χ1v) is 13.0. The van der Waals surface area contributed by atoms with Crippen molar-refractivity contribution >= 4 is 29.2 Å². The Balaban J connectivity index is 1.67. The second-order valence-electron chi connectivity index (χ2n) is 10.2. The molecule has 4 heterocycles. The zero-order chi connectivity index (χ0) is 27.3. The lowest BCUT2D eigenvalue weighted by Crippen LogP contribution is -2.57. The maximum Gasteiger partial charge on any atom is 0.261 e. The summed E-state index contributed by atoms with van der Waals surface area (Å²) in [6.45, 7) is 7.26. The molecule has 0 bridgehead atoms. The van der Waals surface area contributed by atoms with E-state index in [1.54, 1.807) is 9.80 Å². The summed E-state index contributed by atoms with van der Waals surface area (Å²) < 4.78 is 21.2. The van der Waals surface area contributed by atoms with Crippen LogP contribution in [-0.4, -0.2) is 102 Å². The van der Waals surface area contributed by atoms with Crippen molar-refractivity contribution in [3.05, 3.63) is 47.3 Å². The summed E-state index contributed by atoms with van der Waals surface area (Å²) in [5.74, 6) is -1.08. The first-order valence-electron chi connectivity index (χ1n) is 12.6. The summed E-state index contributed by atoms with van der Waals surface area (Å²) >= 11 is 6.80. The number of hydrogen-bond acceptors (Lipinski definition) is 7. The molecule has 9 nitrogen and oxygen atoms in total. The number of carbonyl (C=O) groups is 2. The molecule has 2 aromatic rings. The molecule has 3 atom stereocenters. The smallest absolute Gasteiger partial charge is 0.261 e. The summed E-state index contributed by atoms with van der Waals surface area (Å²) in [5.41, 5.74) is 0.0674. The van der Waals surface area contributed by atoms with E-state index in [1.807, 2.05) is 19.0 Å². The number of anilines is 1. The molecular weight excluding hydrogens is 513 g/mol. The molecule has 11 heteroatoms. The van der Waals surface area contributed by atoms with Gasteiger partial charge in [-0.15, -0.1) is 0 Å². The van der Waals surface area contributed by atoms with E-state index in [-0.39, 0.29) is 70.4 Å². The van der Waals surface area contributed by atoms with Crippen LogP contribution in [0.15, 0.2) is 30.9 Å². The Kier molecular flexibility index (Phi) is 6.96. The van der Waals surface area contributed by atoms with Crippen LogP contribution in [-0.2, 0) is 4.79 Å². The number of amides is 2. The summed E-state index contributed by atoms with van der Waals surface area (Å²) in [6, 6.07) is 3.80. The van der Waals surface area contributed by atoms with E-state index in [0.29, 0.717) is 25.5 Å². The highest BCUT2D eigenvalue weighted by molar-refractivity contribution is 6.35. The lowest BCUT2D eigenvalue weighted by molar-refractivity contribution is -0.128. The zero-order valence-electron chi connectivity index (χ0n) is 21.7. The second kappa shape index (κ2) is 10.1. The third-order valence-corrected chi connectivity index (χ3v) is 8.07.